The third-order valence-corrected chi connectivity index (χ3v) is 5.49. The molecule has 2 fully saturated rings. The van der Waals surface area contributed by atoms with Crippen molar-refractivity contribution in [2.45, 2.75) is 64.2 Å². The lowest BCUT2D eigenvalue weighted by atomic mass is 9.96. The summed E-state index contributed by atoms with van der Waals surface area (Å²) in [6.07, 6.45) is 4.27. The van der Waals surface area contributed by atoms with Crippen molar-refractivity contribution in [2.75, 3.05) is 13.2 Å². The second-order valence-corrected chi connectivity index (χ2v) is 9.01. The number of rotatable bonds is 2. The molecule has 0 radical (unpaired) electrons. The Morgan fingerprint density at radius 1 is 1.32 bits per heavy atom. The van der Waals surface area contributed by atoms with Crippen molar-refractivity contribution in [1.82, 2.24) is 14.9 Å². The van der Waals surface area contributed by atoms with Crippen LogP contribution < -0.4 is 0 Å². The Hall–Kier alpha value is -2.34. The van der Waals surface area contributed by atoms with Crippen molar-refractivity contribution in [2.24, 2.45) is 0 Å². The quantitative estimate of drug-likeness (QED) is 0.822. The fourth-order valence-corrected chi connectivity index (χ4v) is 4.13. The molecule has 1 aromatic carbocycles. The summed E-state index contributed by atoms with van der Waals surface area (Å²) < 4.78 is 11.7. The maximum Gasteiger partial charge on any atom is 0.411 e. The van der Waals surface area contributed by atoms with E-state index in [0.717, 1.165) is 43.0 Å². The molecule has 1 amide bonds. The molecule has 2 aliphatic rings. The van der Waals surface area contributed by atoms with Gasteiger partial charge in [0.2, 0.25) is 0 Å². The van der Waals surface area contributed by atoms with E-state index >= 15 is 0 Å². The molecule has 1 spiro atoms. The van der Waals surface area contributed by atoms with E-state index in [2.05, 4.69) is 41.2 Å². The maximum atomic E-state index is 12.9. The zero-order valence-electron chi connectivity index (χ0n) is 17.1. The number of aromatic amines is 1. The number of ether oxygens (including phenoxy) is 2. The molecule has 2 aromatic rings. The number of hydrogen-bond acceptors (Lipinski definition) is 4. The average molecular weight is 383 g/mol. The predicted molar refractivity (Wildman–Crippen MR) is 107 cm³/mol. The maximum absolute atomic E-state index is 12.9. The van der Waals surface area contributed by atoms with Crippen LogP contribution in [0.2, 0.25) is 0 Å². The van der Waals surface area contributed by atoms with E-state index in [4.69, 9.17) is 9.47 Å². The molecule has 0 saturated carbocycles. The van der Waals surface area contributed by atoms with Gasteiger partial charge in [-0.15, -0.1) is 0 Å². The molecule has 6 heteroatoms. The molecule has 0 bridgehead atoms. The van der Waals surface area contributed by atoms with Gasteiger partial charge in [0.1, 0.15) is 11.4 Å². The van der Waals surface area contributed by atoms with Gasteiger partial charge in [0.25, 0.3) is 0 Å². The van der Waals surface area contributed by atoms with Crippen LogP contribution in [0.15, 0.2) is 30.5 Å². The van der Waals surface area contributed by atoms with Gasteiger partial charge in [0.05, 0.1) is 30.1 Å². The molecule has 0 unspecified atom stereocenters. The number of aryl methyl sites for hydroxylation is 1. The van der Waals surface area contributed by atoms with E-state index in [1.165, 1.54) is 5.56 Å². The molecule has 2 atom stereocenters. The summed E-state index contributed by atoms with van der Waals surface area (Å²) in [4.78, 5) is 22.7. The third kappa shape index (κ3) is 3.78. The Kier molecular flexibility index (Phi) is 4.70. The molecule has 3 heterocycles. The Morgan fingerprint density at radius 3 is 2.71 bits per heavy atom. The summed E-state index contributed by atoms with van der Waals surface area (Å²) in [6, 6.07) is 8.15. The lowest BCUT2D eigenvalue weighted by molar-refractivity contribution is -0.0000130. The zero-order valence-corrected chi connectivity index (χ0v) is 17.1. The highest BCUT2D eigenvalue weighted by Crippen LogP contribution is 2.45. The predicted octanol–water partition coefficient (Wildman–Crippen LogP) is 4.62. The lowest BCUT2D eigenvalue weighted by Gasteiger charge is -2.28. The minimum absolute atomic E-state index is 0.174. The number of hydrogen-bond donors (Lipinski definition) is 1. The Balaban J connectivity index is 1.61. The monoisotopic (exact) mass is 383 g/mol. The Labute approximate surface area is 166 Å². The van der Waals surface area contributed by atoms with E-state index in [9.17, 15) is 4.79 Å². The second kappa shape index (κ2) is 6.92. The largest absolute Gasteiger partial charge is 0.444 e. The molecule has 150 valence electrons. The smallest absolute Gasteiger partial charge is 0.411 e. The van der Waals surface area contributed by atoms with Crippen molar-refractivity contribution in [3.8, 4) is 11.3 Å². The summed E-state index contributed by atoms with van der Waals surface area (Å²) in [5.74, 6) is 0.786. The summed E-state index contributed by atoms with van der Waals surface area (Å²) in [5, 5.41) is 0. The number of nitrogens with zero attached hydrogens (tertiary/aromatic N) is 2. The van der Waals surface area contributed by atoms with Crippen LogP contribution in [0, 0.1) is 6.92 Å². The number of likely N-dealkylation sites (tertiary alicyclic amines) is 1. The number of nitrogens with one attached hydrogen (secondary N) is 1. The SMILES string of the molecule is Cc1ccc(-c2cnc([C@@H]3C[C@]4(CCCO4)CN3C(=O)OC(C)(C)C)[nH]2)cc1. The molecule has 2 aliphatic heterocycles. The highest BCUT2D eigenvalue weighted by molar-refractivity contribution is 5.69. The first-order valence-corrected chi connectivity index (χ1v) is 10.0. The van der Waals surface area contributed by atoms with Crippen LogP contribution in [0.5, 0.6) is 0 Å². The van der Waals surface area contributed by atoms with E-state index in [0.29, 0.717) is 6.54 Å². The summed E-state index contributed by atoms with van der Waals surface area (Å²) in [6.45, 7) is 9.04. The first kappa shape index (κ1) is 19.0. The summed E-state index contributed by atoms with van der Waals surface area (Å²) in [5.41, 5.74) is 2.43. The van der Waals surface area contributed by atoms with Crippen molar-refractivity contribution < 1.29 is 14.3 Å². The van der Waals surface area contributed by atoms with Gasteiger partial charge in [-0.1, -0.05) is 29.8 Å². The van der Waals surface area contributed by atoms with E-state index in [1.54, 1.807) is 4.90 Å². The van der Waals surface area contributed by atoms with Gasteiger partial charge < -0.3 is 14.5 Å². The summed E-state index contributed by atoms with van der Waals surface area (Å²) in [7, 11) is 0. The van der Waals surface area contributed by atoms with Crippen LogP contribution in [-0.4, -0.2) is 45.3 Å². The molecule has 6 nitrogen and oxygen atoms in total. The van der Waals surface area contributed by atoms with Gasteiger partial charge in [-0.05, 0) is 46.1 Å². The minimum atomic E-state index is -0.538. The Bertz CT molecular complexity index is 845. The van der Waals surface area contributed by atoms with Gasteiger partial charge in [-0.2, -0.15) is 0 Å². The number of H-pyrrole nitrogens is 1. The highest BCUT2D eigenvalue weighted by Gasteiger charge is 2.51. The second-order valence-electron chi connectivity index (χ2n) is 9.01. The molecule has 2 saturated heterocycles. The fourth-order valence-electron chi connectivity index (χ4n) is 4.13. The van der Waals surface area contributed by atoms with Crippen molar-refractivity contribution in [1.29, 1.82) is 0 Å². The number of benzene rings is 1. The first-order chi connectivity index (χ1) is 13.2. The number of aromatic nitrogens is 2. The molecular formula is C22H29N3O3. The topological polar surface area (TPSA) is 67.4 Å². The lowest BCUT2D eigenvalue weighted by Crippen LogP contribution is -2.39. The van der Waals surface area contributed by atoms with Crippen LogP contribution in [0.4, 0.5) is 4.79 Å². The van der Waals surface area contributed by atoms with E-state index < -0.39 is 5.60 Å². The molecule has 28 heavy (non-hydrogen) atoms. The molecule has 4 rings (SSSR count). The van der Waals surface area contributed by atoms with Gasteiger partial charge in [-0.25, -0.2) is 9.78 Å². The van der Waals surface area contributed by atoms with Gasteiger partial charge in [0, 0.05) is 13.0 Å². The third-order valence-electron chi connectivity index (χ3n) is 5.49. The highest BCUT2D eigenvalue weighted by atomic mass is 16.6. The van der Waals surface area contributed by atoms with E-state index in [-0.39, 0.29) is 17.7 Å². The number of carbonyl (C=O) groups excluding carboxylic acids is 1. The van der Waals surface area contributed by atoms with Gasteiger partial charge >= 0.3 is 6.09 Å². The first-order valence-electron chi connectivity index (χ1n) is 10.0. The Morgan fingerprint density at radius 2 is 2.07 bits per heavy atom. The molecular weight excluding hydrogens is 354 g/mol. The standard InChI is InChI=1S/C22H29N3O3/c1-15-6-8-16(9-7-15)17-13-23-19(24-17)18-12-22(10-5-11-27-22)14-25(18)20(26)28-21(2,3)4/h6-9,13,18H,5,10-12,14H2,1-4H3,(H,23,24)/t18-,22+/m0/s1. The van der Waals surface area contributed by atoms with Crippen LogP contribution in [-0.2, 0) is 9.47 Å². The molecule has 1 N–H and O–H groups in total. The van der Waals surface area contributed by atoms with Crippen molar-refractivity contribution >= 4 is 6.09 Å². The summed E-state index contributed by atoms with van der Waals surface area (Å²) >= 11 is 0. The van der Waals surface area contributed by atoms with Crippen LogP contribution >= 0.6 is 0 Å². The van der Waals surface area contributed by atoms with Crippen molar-refractivity contribution in [3.05, 3.63) is 41.9 Å². The number of imidazole rings is 1. The minimum Gasteiger partial charge on any atom is -0.444 e. The normalized spacial score (nSPS) is 24.9. The van der Waals surface area contributed by atoms with Gasteiger partial charge in [-0.3, -0.25) is 4.90 Å². The van der Waals surface area contributed by atoms with Crippen LogP contribution in [0.1, 0.15) is 57.5 Å². The molecule has 1 aromatic heterocycles. The zero-order chi connectivity index (χ0) is 19.9. The average Bonchev–Trinajstić information content (AvgIpc) is 3.35. The van der Waals surface area contributed by atoms with Crippen LogP contribution in [0.25, 0.3) is 11.3 Å². The number of carbonyl (C=O) groups is 1. The van der Waals surface area contributed by atoms with Crippen molar-refractivity contribution in [3.63, 3.8) is 0 Å². The van der Waals surface area contributed by atoms with Gasteiger partial charge in [0.15, 0.2) is 0 Å². The fraction of sp³-hybridized carbons (Fsp3) is 0.545. The molecule has 0 aliphatic carbocycles. The van der Waals surface area contributed by atoms with E-state index in [1.807, 2.05) is 27.0 Å². The van der Waals surface area contributed by atoms with Crippen LogP contribution in [0.3, 0.4) is 0 Å². The number of amides is 1.